The predicted octanol–water partition coefficient (Wildman–Crippen LogP) is 3.60. The molecule has 0 aliphatic rings. The SMILES string of the molecule is CNC(C)c1ccc(Oc2ccc(C)nc2)c(F)c1. The fraction of sp³-hybridized carbons (Fsp3) is 0.267. The molecular formula is C15H17FN2O. The van der Waals surface area contributed by atoms with Crippen LogP contribution in [0.3, 0.4) is 0 Å². The van der Waals surface area contributed by atoms with Crippen molar-refractivity contribution in [3.8, 4) is 11.5 Å². The number of hydrogen-bond donors (Lipinski definition) is 1. The van der Waals surface area contributed by atoms with Crippen LogP contribution < -0.4 is 10.1 Å². The number of ether oxygens (including phenoxy) is 1. The largest absolute Gasteiger partial charge is 0.453 e. The van der Waals surface area contributed by atoms with E-state index >= 15 is 0 Å². The van der Waals surface area contributed by atoms with Gasteiger partial charge in [0.25, 0.3) is 0 Å². The average molecular weight is 260 g/mol. The summed E-state index contributed by atoms with van der Waals surface area (Å²) in [7, 11) is 1.84. The molecule has 0 spiro atoms. The average Bonchev–Trinajstić information content (AvgIpc) is 2.42. The molecule has 0 amide bonds. The summed E-state index contributed by atoms with van der Waals surface area (Å²) in [5.41, 5.74) is 1.78. The van der Waals surface area contributed by atoms with Crippen LogP contribution in [0.1, 0.15) is 24.2 Å². The Morgan fingerprint density at radius 2 is 2.05 bits per heavy atom. The Hall–Kier alpha value is -1.94. The first kappa shape index (κ1) is 13.5. The molecule has 0 saturated heterocycles. The molecule has 0 aliphatic carbocycles. The third-order valence-electron chi connectivity index (χ3n) is 3.00. The van der Waals surface area contributed by atoms with Crippen LogP contribution in [0.25, 0.3) is 0 Å². The van der Waals surface area contributed by atoms with Crippen LogP contribution in [0.4, 0.5) is 4.39 Å². The number of benzene rings is 1. The fourth-order valence-electron chi connectivity index (χ4n) is 1.68. The highest BCUT2D eigenvalue weighted by Crippen LogP contribution is 2.26. The maximum atomic E-state index is 13.9. The van der Waals surface area contributed by atoms with Gasteiger partial charge in [0.1, 0.15) is 5.75 Å². The van der Waals surface area contributed by atoms with Crippen LogP contribution in [0.5, 0.6) is 11.5 Å². The number of aromatic nitrogens is 1. The van der Waals surface area contributed by atoms with Crippen LogP contribution in [-0.4, -0.2) is 12.0 Å². The van der Waals surface area contributed by atoms with Gasteiger partial charge in [-0.15, -0.1) is 0 Å². The summed E-state index contributed by atoms with van der Waals surface area (Å²) >= 11 is 0. The van der Waals surface area contributed by atoms with Gasteiger partial charge in [-0.25, -0.2) is 4.39 Å². The maximum absolute atomic E-state index is 13.9. The second-order valence-corrected chi connectivity index (χ2v) is 4.44. The van der Waals surface area contributed by atoms with Gasteiger partial charge in [0.2, 0.25) is 0 Å². The molecule has 0 radical (unpaired) electrons. The first-order valence-electron chi connectivity index (χ1n) is 6.17. The standard InChI is InChI=1S/C15H17FN2O/c1-10-4-6-13(9-18-10)19-15-7-5-12(8-14(15)16)11(2)17-3/h4-9,11,17H,1-3H3. The van der Waals surface area contributed by atoms with E-state index in [1.807, 2.05) is 33.0 Å². The predicted molar refractivity (Wildman–Crippen MR) is 72.9 cm³/mol. The molecular weight excluding hydrogens is 243 g/mol. The van der Waals surface area contributed by atoms with Gasteiger partial charge < -0.3 is 10.1 Å². The number of nitrogens with one attached hydrogen (secondary N) is 1. The Bertz CT molecular complexity index is 555. The lowest BCUT2D eigenvalue weighted by Gasteiger charge is -2.12. The van der Waals surface area contributed by atoms with Crippen molar-refractivity contribution in [2.24, 2.45) is 0 Å². The van der Waals surface area contributed by atoms with E-state index in [1.165, 1.54) is 6.07 Å². The second kappa shape index (κ2) is 5.80. The number of pyridine rings is 1. The van der Waals surface area contributed by atoms with E-state index in [9.17, 15) is 4.39 Å². The molecule has 100 valence electrons. The summed E-state index contributed by atoms with van der Waals surface area (Å²) in [5, 5.41) is 3.07. The molecule has 3 nitrogen and oxygen atoms in total. The summed E-state index contributed by atoms with van der Waals surface area (Å²) in [4.78, 5) is 4.11. The van der Waals surface area contributed by atoms with E-state index in [0.717, 1.165) is 11.3 Å². The topological polar surface area (TPSA) is 34.1 Å². The molecule has 1 heterocycles. The molecule has 1 aromatic heterocycles. The Kier molecular flexibility index (Phi) is 4.12. The molecule has 19 heavy (non-hydrogen) atoms. The summed E-state index contributed by atoms with van der Waals surface area (Å²) in [6.07, 6.45) is 1.58. The zero-order valence-corrected chi connectivity index (χ0v) is 11.3. The lowest BCUT2D eigenvalue weighted by atomic mass is 10.1. The Labute approximate surface area is 112 Å². The molecule has 2 aromatic rings. The van der Waals surface area contributed by atoms with Crippen LogP contribution >= 0.6 is 0 Å². The van der Waals surface area contributed by atoms with Crippen molar-refractivity contribution in [3.63, 3.8) is 0 Å². The van der Waals surface area contributed by atoms with Gasteiger partial charge in [-0.1, -0.05) is 6.07 Å². The van der Waals surface area contributed by atoms with E-state index in [-0.39, 0.29) is 17.6 Å². The number of halogens is 1. The van der Waals surface area contributed by atoms with Gasteiger partial charge in [-0.05, 0) is 50.7 Å². The number of hydrogen-bond acceptors (Lipinski definition) is 3. The molecule has 0 aliphatic heterocycles. The zero-order valence-electron chi connectivity index (χ0n) is 11.3. The highest BCUT2D eigenvalue weighted by atomic mass is 19.1. The molecule has 0 bridgehead atoms. The second-order valence-electron chi connectivity index (χ2n) is 4.44. The number of rotatable bonds is 4. The molecule has 0 saturated carbocycles. The van der Waals surface area contributed by atoms with E-state index in [2.05, 4.69) is 10.3 Å². The van der Waals surface area contributed by atoms with Crippen LogP contribution in [-0.2, 0) is 0 Å². The van der Waals surface area contributed by atoms with Crippen LogP contribution in [0, 0.1) is 12.7 Å². The van der Waals surface area contributed by atoms with Crippen molar-refractivity contribution >= 4 is 0 Å². The van der Waals surface area contributed by atoms with Crippen molar-refractivity contribution < 1.29 is 9.13 Å². The third-order valence-corrected chi connectivity index (χ3v) is 3.00. The van der Waals surface area contributed by atoms with Crippen molar-refractivity contribution in [2.75, 3.05) is 7.05 Å². The van der Waals surface area contributed by atoms with Gasteiger partial charge in [0, 0.05) is 11.7 Å². The molecule has 2 rings (SSSR count). The molecule has 4 heteroatoms. The number of aryl methyl sites for hydroxylation is 1. The summed E-state index contributed by atoms with van der Waals surface area (Å²) in [5.74, 6) is 0.358. The number of nitrogens with zero attached hydrogens (tertiary/aromatic N) is 1. The Morgan fingerprint density at radius 3 is 2.63 bits per heavy atom. The highest BCUT2D eigenvalue weighted by Gasteiger charge is 2.09. The van der Waals surface area contributed by atoms with E-state index in [1.54, 1.807) is 18.3 Å². The third kappa shape index (κ3) is 3.29. The quantitative estimate of drug-likeness (QED) is 0.912. The van der Waals surface area contributed by atoms with E-state index < -0.39 is 0 Å². The Balaban J connectivity index is 2.19. The van der Waals surface area contributed by atoms with Gasteiger partial charge in [-0.2, -0.15) is 0 Å². The van der Waals surface area contributed by atoms with Gasteiger partial charge in [-0.3, -0.25) is 4.98 Å². The molecule has 1 aromatic carbocycles. The van der Waals surface area contributed by atoms with Gasteiger partial charge in [0.15, 0.2) is 11.6 Å². The van der Waals surface area contributed by atoms with Crippen molar-refractivity contribution in [1.29, 1.82) is 0 Å². The Morgan fingerprint density at radius 1 is 1.26 bits per heavy atom. The maximum Gasteiger partial charge on any atom is 0.166 e. The zero-order chi connectivity index (χ0) is 13.8. The molecule has 1 unspecified atom stereocenters. The van der Waals surface area contributed by atoms with Gasteiger partial charge in [0.05, 0.1) is 6.20 Å². The van der Waals surface area contributed by atoms with Crippen LogP contribution in [0.2, 0.25) is 0 Å². The lowest BCUT2D eigenvalue weighted by Crippen LogP contribution is -2.12. The summed E-state index contributed by atoms with van der Waals surface area (Å²) < 4.78 is 19.4. The highest BCUT2D eigenvalue weighted by molar-refractivity contribution is 5.34. The first-order chi connectivity index (χ1) is 9.10. The van der Waals surface area contributed by atoms with E-state index in [0.29, 0.717) is 5.75 Å². The minimum absolute atomic E-state index is 0.101. The summed E-state index contributed by atoms with van der Waals surface area (Å²) in [6, 6.07) is 8.67. The molecule has 0 fully saturated rings. The summed E-state index contributed by atoms with van der Waals surface area (Å²) in [6.45, 7) is 3.86. The first-order valence-corrected chi connectivity index (χ1v) is 6.17. The smallest absolute Gasteiger partial charge is 0.166 e. The normalized spacial score (nSPS) is 12.2. The van der Waals surface area contributed by atoms with Crippen molar-refractivity contribution in [2.45, 2.75) is 19.9 Å². The van der Waals surface area contributed by atoms with E-state index in [4.69, 9.17) is 4.74 Å². The van der Waals surface area contributed by atoms with Crippen molar-refractivity contribution in [3.05, 3.63) is 53.6 Å². The van der Waals surface area contributed by atoms with Crippen molar-refractivity contribution in [1.82, 2.24) is 10.3 Å². The minimum atomic E-state index is -0.375. The van der Waals surface area contributed by atoms with Crippen LogP contribution in [0.15, 0.2) is 36.5 Å². The fourth-order valence-corrected chi connectivity index (χ4v) is 1.68. The monoisotopic (exact) mass is 260 g/mol. The molecule has 1 atom stereocenters. The minimum Gasteiger partial charge on any atom is -0.453 e. The van der Waals surface area contributed by atoms with Gasteiger partial charge >= 0.3 is 0 Å². The molecule has 1 N–H and O–H groups in total. The lowest BCUT2D eigenvalue weighted by molar-refractivity contribution is 0.439.